The molecule has 6 heteroatoms. The van der Waals surface area contributed by atoms with Crippen molar-refractivity contribution in [3.8, 4) is 0 Å². The molecule has 0 aliphatic rings. The summed E-state index contributed by atoms with van der Waals surface area (Å²) in [6.07, 6.45) is 0.367. The number of carboxylic acid groups (broad SMARTS) is 1. The minimum absolute atomic E-state index is 0.367. The molecule has 0 radical (unpaired) electrons. The Morgan fingerprint density at radius 1 is 1.64 bits per heavy atom. The second-order valence-corrected chi connectivity index (χ2v) is 4.04. The molecule has 0 heterocycles. The van der Waals surface area contributed by atoms with Gasteiger partial charge < -0.3 is 15.5 Å². The van der Waals surface area contributed by atoms with Gasteiger partial charge in [-0.1, -0.05) is 0 Å². The number of amides is 1. The van der Waals surface area contributed by atoms with E-state index in [0.29, 0.717) is 24.3 Å². The molecule has 0 aromatic heterocycles. The zero-order valence-corrected chi connectivity index (χ0v) is 8.79. The average molecular weight is 221 g/mol. The number of carbonyl (C=O) groups is 2. The summed E-state index contributed by atoms with van der Waals surface area (Å²) >= 11 is 1.46. The lowest BCUT2D eigenvalue weighted by molar-refractivity contribution is -0.140. The van der Waals surface area contributed by atoms with E-state index in [4.69, 9.17) is 10.2 Å². The molecule has 2 unspecified atom stereocenters. The summed E-state index contributed by atoms with van der Waals surface area (Å²) in [5.74, 6) is 0.144. The van der Waals surface area contributed by atoms with Crippen molar-refractivity contribution in [2.45, 2.75) is 25.5 Å². The topological polar surface area (TPSA) is 86.6 Å². The summed E-state index contributed by atoms with van der Waals surface area (Å²) in [4.78, 5) is 20.6. The van der Waals surface area contributed by atoms with Crippen molar-refractivity contribution in [3.05, 3.63) is 0 Å². The summed E-state index contributed by atoms with van der Waals surface area (Å²) < 4.78 is 0. The number of thioether (sulfide) groups is 1. The van der Waals surface area contributed by atoms with E-state index < -0.39 is 12.0 Å². The molecule has 2 atom stereocenters. The molecule has 0 rings (SSSR count). The Morgan fingerprint density at radius 2 is 2.29 bits per heavy atom. The van der Waals surface area contributed by atoms with Crippen LogP contribution >= 0.6 is 11.8 Å². The SMILES string of the molecule is CC(O)CSCCC(NC=O)C(=O)O. The highest BCUT2D eigenvalue weighted by Gasteiger charge is 2.15. The lowest BCUT2D eigenvalue weighted by atomic mass is 10.2. The summed E-state index contributed by atoms with van der Waals surface area (Å²) in [5.41, 5.74) is 0. The third kappa shape index (κ3) is 6.73. The summed E-state index contributed by atoms with van der Waals surface area (Å²) in [5, 5.41) is 19.8. The fourth-order valence-corrected chi connectivity index (χ4v) is 1.73. The highest BCUT2D eigenvalue weighted by molar-refractivity contribution is 7.99. The highest BCUT2D eigenvalue weighted by Crippen LogP contribution is 2.06. The van der Waals surface area contributed by atoms with E-state index in [-0.39, 0.29) is 6.10 Å². The zero-order chi connectivity index (χ0) is 11.0. The maximum atomic E-state index is 10.5. The van der Waals surface area contributed by atoms with Gasteiger partial charge in [-0.3, -0.25) is 4.79 Å². The first-order valence-electron chi connectivity index (χ1n) is 4.26. The maximum absolute atomic E-state index is 10.5. The van der Waals surface area contributed by atoms with E-state index in [1.165, 1.54) is 11.8 Å². The molecule has 14 heavy (non-hydrogen) atoms. The molecule has 0 spiro atoms. The van der Waals surface area contributed by atoms with Crippen molar-refractivity contribution in [1.82, 2.24) is 5.32 Å². The lowest BCUT2D eigenvalue weighted by Gasteiger charge is -2.10. The van der Waals surface area contributed by atoms with Crippen molar-refractivity contribution in [2.24, 2.45) is 0 Å². The predicted molar refractivity (Wildman–Crippen MR) is 54.2 cm³/mol. The largest absolute Gasteiger partial charge is 0.480 e. The molecule has 0 aromatic rings. The summed E-state index contributed by atoms with van der Waals surface area (Å²) in [7, 11) is 0. The number of nitrogens with one attached hydrogen (secondary N) is 1. The van der Waals surface area contributed by atoms with Crippen molar-refractivity contribution >= 4 is 24.1 Å². The van der Waals surface area contributed by atoms with Crippen molar-refractivity contribution in [3.63, 3.8) is 0 Å². The predicted octanol–water partition coefficient (Wildman–Crippen LogP) is -0.310. The van der Waals surface area contributed by atoms with Gasteiger partial charge in [0.15, 0.2) is 0 Å². The van der Waals surface area contributed by atoms with Crippen LogP contribution in [0, 0.1) is 0 Å². The van der Waals surface area contributed by atoms with Gasteiger partial charge in [-0.25, -0.2) is 4.79 Å². The number of aliphatic hydroxyl groups excluding tert-OH is 1. The van der Waals surface area contributed by atoms with E-state index in [1.807, 2.05) is 0 Å². The second-order valence-electron chi connectivity index (χ2n) is 2.89. The second kappa shape index (κ2) is 7.64. The molecule has 5 nitrogen and oxygen atoms in total. The highest BCUT2D eigenvalue weighted by atomic mass is 32.2. The van der Waals surface area contributed by atoms with Gasteiger partial charge >= 0.3 is 5.97 Å². The van der Waals surface area contributed by atoms with Crippen molar-refractivity contribution < 1.29 is 19.8 Å². The van der Waals surface area contributed by atoms with E-state index in [0.717, 1.165) is 0 Å². The molecular formula is C8H15NO4S. The molecule has 0 bridgehead atoms. The number of hydrogen-bond donors (Lipinski definition) is 3. The minimum atomic E-state index is -1.03. The Labute approximate surface area is 86.9 Å². The van der Waals surface area contributed by atoms with Crippen LogP contribution in [-0.2, 0) is 9.59 Å². The average Bonchev–Trinajstić information content (AvgIpc) is 2.09. The van der Waals surface area contributed by atoms with Crippen LogP contribution in [0.1, 0.15) is 13.3 Å². The van der Waals surface area contributed by atoms with Crippen molar-refractivity contribution in [2.75, 3.05) is 11.5 Å². The van der Waals surface area contributed by atoms with Gasteiger partial charge in [-0.2, -0.15) is 11.8 Å². The number of rotatable bonds is 8. The molecule has 0 saturated heterocycles. The quantitative estimate of drug-likeness (QED) is 0.386. The number of aliphatic hydroxyl groups is 1. The Hall–Kier alpha value is -0.750. The van der Waals surface area contributed by atoms with Crippen LogP contribution in [0.15, 0.2) is 0 Å². The number of carbonyl (C=O) groups excluding carboxylic acids is 1. The van der Waals surface area contributed by atoms with E-state index in [9.17, 15) is 9.59 Å². The Kier molecular flexibility index (Phi) is 7.23. The molecule has 1 amide bonds. The molecular weight excluding hydrogens is 206 g/mol. The van der Waals surface area contributed by atoms with Crippen LogP contribution < -0.4 is 5.32 Å². The van der Waals surface area contributed by atoms with Crippen LogP contribution in [0.5, 0.6) is 0 Å². The number of hydrogen-bond acceptors (Lipinski definition) is 4. The third-order valence-corrected chi connectivity index (χ3v) is 2.72. The smallest absolute Gasteiger partial charge is 0.326 e. The van der Waals surface area contributed by atoms with Crippen LogP contribution in [0.2, 0.25) is 0 Å². The third-order valence-electron chi connectivity index (χ3n) is 1.48. The van der Waals surface area contributed by atoms with Crippen LogP contribution in [0.4, 0.5) is 0 Å². The summed E-state index contributed by atoms with van der Waals surface area (Å²) in [6, 6.07) is -0.825. The molecule has 0 aromatic carbocycles. The molecule has 3 N–H and O–H groups in total. The monoisotopic (exact) mass is 221 g/mol. The Morgan fingerprint density at radius 3 is 2.71 bits per heavy atom. The number of carboxylic acids is 1. The van der Waals surface area contributed by atoms with E-state index in [2.05, 4.69) is 5.32 Å². The van der Waals surface area contributed by atoms with Crippen LogP contribution in [0.3, 0.4) is 0 Å². The lowest BCUT2D eigenvalue weighted by Crippen LogP contribution is -2.36. The standard InChI is InChI=1S/C8H15NO4S/c1-6(11)4-14-3-2-7(8(12)13)9-5-10/h5-7,11H,2-4H2,1H3,(H,9,10)(H,12,13). The summed E-state index contributed by atoms with van der Waals surface area (Å²) in [6.45, 7) is 1.67. The minimum Gasteiger partial charge on any atom is -0.480 e. The first kappa shape index (κ1) is 13.2. The fourth-order valence-electron chi connectivity index (χ4n) is 0.815. The first-order valence-corrected chi connectivity index (χ1v) is 5.41. The van der Waals surface area contributed by atoms with Gasteiger partial charge in [0.1, 0.15) is 6.04 Å². The van der Waals surface area contributed by atoms with Crippen molar-refractivity contribution in [1.29, 1.82) is 0 Å². The molecule has 0 fully saturated rings. The van der Waals surface area contributed by atoms with Crippen LogP contribution in [0.25, 0.3) is 0 Å². The van der Waals surface area contributed by atoms with Gasteiger partial charge in [0.05, 0.1) is 6.10 Å². The number of aliphatic carboxylic acids is 1. The van der Waals surface area contributed by atoms with Gasteiger partial charge in [0, 0.05) is 5.75 Å². The molecule has 0 saturated carbocycles. The molecule has 0 aliphatic heterocycles. The fraction of sp³-hybridized carbons (Fsp3) is 0.750. The first-order chi connectivity index (χ1) is 6.57. The molecule has 82 valence electrons. The molecule has 0 aliphatic carbocycles. The van der Waals surface area contributed by atoms with E-state index >= 15 is 0 Å². The maximum Gasteiger partial charge on any atom is 0.326 e. The van der Waals surface area contributed by atoms with Gasteiger partial charge in [0.2, 0.25) is 6.41 Å². The van der Waals surface area contributed by atoms with Gasteiger partial charge in [-0.05, 0) is 19.1 Å². The van der Waals surface area contributed by atoms with Gasteiger partial charge in [-0.15, -0.1) is 0 Å². The van der Waals surface area contributed by atoms with E-state index in [1.54, 1.807) is 6.92 Å². The van der Waals surface area contributed by atoms with Crippen LogP contribution in [-0.4, -0.2) is 46.2 Å². The normalized spacial score (nSPS) is 14.4. The Bertz CT molecular complexity index is 186. The zero-order valence-electron chi connectivity index (χ0n) is 7.97. The van der Waals surface area contributed by atoms with Gasteiger partial charge in [0.25, 0.3) is 0 Å². The Balaban J connectivity index is 3.61.